The van der Waals surface area contributed by atoms with E-state index in [9.17, 15) is 14.4 Å². The van der Waals surface area contributed by atoms with Gasteiger partial charge in [0.25, 0.3) is 0 Å². The van der Waals surface area contributed by atoms with Gasteiger partial charge in [0.15, 0.2) is 0 Å². The Hall–Kier alpha value is -2.37. The van der Waals surface area contributed by atoms with Gasteiger partial charge in [-0.3, -0.25) is 4.90 Å². The zero-order valence-electron chi connectivity index (χ0n) is 9.50. The Morgan fingerprint density at radius 1 is 1.17 bits per heavy atom. The van der Waals surface area contributed by atoms with Crippen molar-refractivity contribution in [2.24, 2.45) is 0 Å². The van der Waals surface area contributed by atoms with Crippen molar-refractivity contribution in [2.75, 3.05) is 13.1 Å². The van der Waals surface area contributed by atoms with Crippen LogP contribution in [0.25, 0.3) is 0 Å². The number of hydrogen-bond donors (Lipinski definition) is 0. The summed E-state index contributed by atoms with van der Waals surface area (Å²) in [5, 5.41) is 0. The molecule has 0 saturated carbocycles. The van der Waals surface area contributed by atoms with Crippen molar-refractivity contribution in [3.63, 3.8) is 0 Å². The fourth-order valence-corrected chi connectivity index (χ4v) is 1.50. The second-order valence-corrected chi connectivity index (χ2v) is 3.74. The maximum Gasteiger partial charge on any atom is 0.411 e. The first-order valence-corrected chi connectivity index (χ1v) is 5.34. The van der Waals surface area contributed by atoms with E-state index < -0.39 is 18.0 Å². The predicted molar refractivity (Wildman–Crippen MR) is 59.3 cm³/mol. The van der Waals surface area contributed by atoms with Crippen LogP contribution in [0.3, 0.4) is 0 Å². The number of ether oxygens (including phenoxy) is 2. The number of carbonyl (C=O) groups is 3. The highest BCUT2D eigenvalue weighted by molar-refractivity contribution is 5.93. The van der Waals surface area contributed by atoms with Gasteiger partial charge in [0.05, 0.1) is 0 Å². The molecule has 6 nitrogen and oxygen atoms in total. The average Bonchev–Trinajstić information content (AvgIpc) is 2.36. The molecule has 0 radical (unpaired) electrons. The fraction of sp³-hybridized carbons (Fsp3) is 0.250. The van der Waals surface area contributed by atoms with Crippen LogP contribution in [0.4, 0.5) is 4.79 Å². The number of amides is 1. The van der Waals surface area contributed by atoms with Crippen molar-refractivity contribution < 1.29 is 23.9 Å². The van der Waals surface area contributed by atoms with Gasteiger partial charge >= 0.3 is 18.0 Å². The Morgan fingerprint density at radius 2 is 1.78 bits per heavy atom. The number of esters is 2. The minimum absolute atomic E-state index is 0.0966. The standard InChI is InChI=1S/C12H11NO5/c14-10-6-13(7-11(15)18-10)12(16)17-8-9-4-2-1-3-5-9/h1-5H,6-8H2. The fourth-order valence-electron chi connectivity index (χ4n) is 1.50. The van der Waals surface area contributed by atoms with Gasteiger partial charge in [0, 0.05) is 0 Å². The monoisotopic (exact) mass is 249 g/mol. The Bertz CT molecular complexity index is 455. The van der Waals surface area contributed by atoms with Crippen LogP contribution in [-0.2, 0) is 25.7 Å². The first-order valence-electron chi connectivity index (χ1n) is 5.34. The first-order chi connectivity index (χ1) is 8.65. The van der Waals surface area contributed by atoms with E-state index in [-0.39, 0.29) is 19.7 Å². The van der Waals surface area contributed by atoms with E-state index >= 15 is 0 Å². The maximum atomic E-state index is 11.6. The van der Waals surface area contributed by atoms with Crippen molar-refractivity contribution in [3.05, 3.63) is 35.9 Å². The predicted octanol–water partition coefficient (Wildman–Crippen LogP) is 0.709. The molecule has 1 fully saturated rings. The first kappa shape index (κ1) is 12.1. The van der Waals surface area contributed by atoms with E-state index in [1.165, 1.54) is 0 Å². The molecule has 6 heteroatoms. The minimum Gasteiger partial charge on any atom is -0.445 e. The van der Waals surface area contributed by atoms with Crippen LogP contribution in [-0.4, -0.2) is 36.0 Å². The quantitative estimate of drug-likeness (QED) is 0.570. The molecule has 0 aliphatic carbocycles. The van der Waals surface area contributed by atoms with Crippen LogP contribution in [0.1, 0.15) is 5.56 Å². The second-order valence-electron chi connectivity index (χ2n) is 3.74. The molecule has 1 aromatic carbocycles. The Labute approximate surface area is 103 Å². The highest BCUT2D eigenvalue weighted by Gasteiger charge is 2.29. The van der Waals surface area contributed by atoms with Crippen LogP contribution in [0.15, 0.2) is 30.3 Å². The van der Waals surface area contributed by atoms with E-state index in [0.717, 1.165) is 10.5 Å². The van der Waals surface area contributed by atoms with Crippen molar-refractivity contribution >= 4 is 18.0 Å². The van der Waals surface area contributed by atoms with E-state index in [0.29, 0.717) is 0 Å². The summed E-state index contributed by atoms with van der Waals surface area (Å²) in [5.74, 6) is -1.49. The second kappa shape index (κ2) is 5.31. The number of morpholine rings is 1. The van der Waals surface area contributed by atoms with Crippen molar-refractivity contribution in [1.82, 2.24) is 4.90 Å². The summed E-state index contributed by atoms with van der Waals surface area (Å²) in [4.78, 5) is 34.6. The van der Waals surface area contributed by atoms with Crippen LogP contribution in [0, 0.1) is 0 Å². The molecule has 0 aromatic heterocycles. The third-order valence-corrected chi connectivity index (χ3v) is 2.33. The molecular weight excluding hydrogens is 238 g/mol. The van der Waals surface area contributed by atoms with E-state index in [1.54, 1.807) is 0 Å². The summed E-state index contributed by atoms with van der Waals surface area (Å²) < 4.78 is 9.29. The van der Waals surface area contributed by atoms with Crippen molar-refractivity contribution in [2.45, 2.75) is 6.61 Å². The summed E-state index contributed by atoms with van der Waals surface area (Å²) in [6, 6.07) is 9.12. The number of nitrogens with zero attached hydrogens (tertiary/aromatic N) is 1. The molecule has 0 bridgehead atoms. The van der Waals surface area contributed by atoms with Gasteiger partial charge in [-0.05, 0) is 5.56 Å². The van der Waals surface area contributed by atoms with Gasteiger partial charge < -0.3 is 9.47 Å². The molecule has 94 valence electrons. The molecule has 1 aromatic rings. The average molecular weight is 249 g/mol. The highest BCUT2D eigenvalue weighted by Crippen LogP contribution is 2.06. The number of cyclic esters (lactones) is 2. The Morgan fingerprint density at radius 3 is 2.39 bits per heavy atom. The van der Waals surface area contributed by atoms with E-state index in [4.69, 9.17) is 4.74 Å². The molecule has 0 N–H and O–H groups in total. The summed E-state index contributed by atoms with van der Waals surface area (Å²) in [5.41, 5.74) is 0.830. The zero-order chi connectivity index (χ0) is 13.0. The molecule has 1 saturated heterocycles. The molecule has 1 aliphatic heterocycles. The minimum atomic E-state index is -0.747. The summed E-state index contributed by atoms with van der Waals surface area (Å²) in [6.45, 7) is -0.432. The lowest BCUT2D eigenvalue weighted by Crippen LogP contribution is -2.46. The van der Waals surface area contributed by atoms with E-state index in [2.05, 4.69) is 4.74 Å². The largest absolute Gasteiger partial charge is 0.445 e. The third-order valence-electron chi connectivity index (χ3n) is 2.33. The van der Waals surface area contributed by atoms with Gasteiger partial charge in [-0.2, -0.15) is 0 Å². The van der Waals surface area contributed by atoms with Crippen LogP contribution < -0.4 is 0 Å². The van der Waals surface area contributed by atoms with Crippen molar-refractivity contribution in [3.8, 4) is 0 Å². The molecule has 18 heavy (non-hydrogen) atoms. The van der Waals surface area contributed by atoms with Crippen LogP contribution in [0.2, 0.25) is 0 Å². The molecule has 0 unspecified atom stereocenters. The zero-order valence-corrected chi connectivity index (χ0v) is 9.50. The summed E-state index contributed by atoms with van der Waals surface area (Å²) >= 11 is 0. The summed E-state index contributed by atoms with van der Waals surface area (Å²) in [6.07, 6.45) is -0.705. The number of hydrogen-bond acceptors (Lipinski definition) is 5. The number of carbonyl (C=O) groups excluding carboxylic acids is 3. The lowest BCUT2D eigenvalue weighted by molar-refractivity contribution is -0.165. The van der Waals surface area contributed by atoms with Gasteiger partial charge in [-0.15, -0.1) is 0 Å². The molecule has 1 amide bonds. The van der Waals surface area contributed by atoms with Gasteiger partial charge in [0.1, 0.15) is 19.7 Å². The van der Waals surface area contributed by atoms with Crippen LogP contribution in [0.5, 0.6) is 0 Å². The van der Waals surface area contributed by atoms with Gasteiger partial charge in [-0.25, -0.2) is 14.4 Å². The molecule has 0 spiro atoms. The normalized spacial score (nSPS) is 15.2. The van der Waals surface area contributed by atoms with Crippen molar-refractivity contribution in [1.29, 1.82) is 0 Å². The molecular formula is C12H11NO5. The smallest absolute Gasteiger partial charge is 0.411 e. The molecule has 2 rings (SSSR count). The number of benzene rings is 1. The topological polar surface area (TPSA) is 72.9 Å². The molecule has 1 heterocycles. The molecule has 1 aliphatic rings. The van der Waals surface area contributed by atoms with Crippen LogP contribution >= 0.6 is 0 Å². The highest BCUT2D eigenvalue weighted by atomic mass is 16.6. The Kier molecular flexibility index (Phi) is 3.57. The Balaban J connectivity index is 1.88. The molecule has 0 atom stereocenters. The lowest BCUT2D eigenvalue weighted by atomic mass is 10.2. The maximum absolute atomic E-state index is 11.6. The third kappa shape index (κ3) is 3.07. The van der Waals surface area contributed by atoms with E-state index in [1.807, 2.05) is 30.3 Å². The summed E-state index contributed by atoms with van der Waals surface area (Å²) in [7, 11) is 0. The van der Waals surface area contributed by atoms with Gasteiger partial charge in [0.2, 0.25) is 0 Å². The lowest BCUT2D eigenvalue weighted by Gasteiger charge is -2.23. The SMILES string of the molecule is O=C1CN(C(=O)OCc2ccccc2)CC(=O)O1. The van der Waals surface area contributed by atoms with Gasteiger partial charge in [-0.1, -0.05) is 30.3 Å². The number of rotatable bonds is 2.